The summed E-state index contributed by atoms with van der Waals surface area (Å²) in [5.41, 5.74) is 1.46. The normalized spacial score (nSPS) is 13.9. The number of aromatic nitrogens is 4. The highest BCUT2D eigenvalue weighted by Gasteiger charge is 2.38. The number of hydrogen-bond acceptors (Lipinski definition) is 7. The highest BCUT2D eigenvalue weighted by atomic mass is 16.5. The van der Waals surface area contributed by atoms with Crippen molar-refractivity contribution >= 4 is 28.4 Å². The fraction of sp³-hybridized carbons (Fsp3) is 0.280. The van der Waals surface area contributed by atoms with Gasteiger partial charge in [0.1, 0.15) is 17.3 Å². The topological polar surface area (TPSA) is 114 Å². The van der Waals surface area contributed by atoms with Crippen molar-refractivity contribution in [2.24, 2.45) is 0 Å². The first-order valence-electron chi connectivity index (χ1n) is 11.3. The Morgan fingerprint density at radius 1 is 1.09 bits per heavy atom. The van der Waals surface area contributed by atoms with Crippen LogP contribution in [0.15, 0.2) is 54.7 Å². The zero-order valence-electron chi connectivity index (χ0n) is 19.1. The van der Waals surface area contributed by atoms with Gasteiger partial charge < -0.3 is 20.1 Å². The van der Waals surface area contributed by atoms with E-state index in [0.29, 0.717) is 29.8 Å². The van der Waals surface area contributed by atoms with Crippen LogP contribution >= 0.6 is 0 Å². The number of hydrogen-bond donors (Lipinski definition) is 3. The molecule has 1 aliphatic rings. The molecular formula is C25H26N6O3. The van der Waals surface area contributed by atoms with Gasteiger partial charge in [-0.25, -0.2) is 9.97 Å². The highest BCUT2D eigenvalue weighted by molar-refractivity contribution is 5.93. The Labute approximate surface area is 196 Å². The molecule has 2 heterocycles. The molecule has 9 nitrogen and oxygen atoms in total. The fourth-order valence-electron chi connectivity index (χ4n) is 3.60. The van der Waals surface area contributed by atoms with Gasteiger partial charge in [-0.05, 0) is 57.0 Å². The van der Waals surface area contributed by atoms with E-state index < -0.39 is 0 Å². The Hall–Kier alpha value is -4.14. The molecule has 5 rings (SSSR count). The molecule has 1 amide bonds. The molecule has 4 aromatic rings. The van der Waals surface area contributed by atoms with E-state index in [9.17, 15) is 4.79 Å². The molecule has 0 saturated heterocycles. The molecule has 9 heteroatoms. The van der Waals surface area contributed by atoms with Gasteiger partial charge in [-0.1, -0.05) is 12.1 Å². The number of rotatable bonds is 9. The Morgan fingerprint density at radius 3 is 2.71 bits per heavy atom. The van der Waals surface area contributed by atoms with Crippen molar-refractivity contribution in [2.75, 3.05) is 18.5 Å². The number of nitrogens with one attached hydrogen (secondary N) is 3. The molecule has 0 radical (unpaired) electrons. The molecule has 2 aromatic carbocycles. The van der Waals surface area contributed by atoms with Crippen LogP contribution in [0.1, 0.15) is 26.7 Å². The van der Waals surface area contributed by atoms with Crippen molar-refractivity contribution in [1.82, 2.24) is 25.5 Å². The van der Waals surface area contributed by atoms with Gasteiger partial charge in [0.25, 0.3) is 5.91 Å². The summed E-state index contributed by atoms with van der Waals surface area (Å²) in [4.78, 5) is 21.7. The van der Waals surface area contributed by atoms with Gasteiger partial charge >= 0.3 is 0 Å². The number of ether oxygens (including phenoxy) is 2. The first kappa shape index (κ1) is 21.7. The predicted octanol–water partition coefficient (Wildman–Crippen LogP) is 4.21. The van der Waals surface area contributed by atoms with Crippen molar-refractivity contribution in [3.63, 3.8) is 0 Å². The van der Waals surface area contributed by atoms with Gasteiger partial charge in [0.2, 0.25) is 0 Å². The van der Waals surface area contributed by atoms with Crippen molar-refractivity contribution in [3.05, 3.63) is 54.7 Å². The van der Waals surface area contributed by atoms with Gasteiger partial charge in [-0.15, -0.1) is 0 Å². The number of fused-ring (bicyclic) bond motifs is 1. The largest absolute Gasteiger partial charge is 0.494 e. The third kappa shape index (κ3) is 4.93. The lowest BCUT2D eigenvalue weighted by Gasteiger charge is -2.13. The molecule has 34 heavy (non-hydrogen) atoms. The van der Waals surface area contributed by atoms with Gasteiger partial charge in [0, 0.05) is 28.8 Å². The first-order chi connectivity index (χ1) is 16.5. The molecule has 1 saturated carbocycles. The van der Waals surface area contributed by atoms with E-state index in [4.69, 9.17) is 19.4 Å². The molecule has 3 N–H and O–H groups in total. The maximum Gasteiger partial charge on any atom is 0.258 e. The number of carbonyl (C=O) groups excluding carboxylic acids is 1. The molecule has 0 aliphatic heterocycles. The Balaban J connectivity index is 1.44. The van der Waals surface area contributed by atoms with Crippen LogP contribution in [0.5, 0.6) is 11.5 Å². The molecule has 0 spiro atoms. The van der Waals surface area contributed by atoms with E-state index in [-0.39, 0.29) is 18.1 Å². The SMILES string of the molecule is CCOc1ccc2nc(-c3cccc(OCC(=O)NC4(C)CC4)c3)nc(Nc3cc[nH]n3)c2c1. The number of anilines is 2. The van der Waals surface area contributed by atoms with E-state index in [2.05, 4.69) is 20.8 Å². The molecule has 0 unspecified atom stereocenters. The fourth-order valence-corrected chi connectivity index (χ4v) is 3.60. The van der Waals surface area contributed by atoms with E-state index >= 15 is 0 Å². The van der Waals surface area contributed by atoms with Crippen molar-refractivity contribution < 1.29 is 14.3 Å². The molecule has 1 aliphatic carbocycles. The third-order valence-corrected chi connectivity index (χ3v) is 5.63. The summed E-state index contributed by atoms with van der Waals surface area (Å²) < 4.78 is 11.4. The van der Waals surface area contributed by atoms with Crippen LogP contribution in [0.2, 0.25) is 0 Å². The molecular weight excluding hydrogens is 432 g/mol. The monoisotopic (exact) mass is 458 g/mol. The number of H-pyrrole nitrogens is 1. The van der Waals surface area contributed by atoms with Crippen molar-refractivity contribution in [3.8, 4) is 22.9 Å². The minimum atomic E-state index is -0.122. The molecule has 2 aromatic heterocycles. The Morgan fingerprint density at radius 2 is 1.94 bits per heavy atom. The second-order valence-electron chi connectivity index (χ2n) is 8.52. The van der Waals surface area contributed by atoms with Gasteiger partial charge in [0.05, 0.1) is 12.1 Å². The van der Waals surface area contributed by atoms with Crippen LogP contribution in [0.25, 0.3) is 22.3 Å². The summed E-state index contributed by atoms with van der Waals surface area (Å²) in [6, 6.07) is 14.9. The van der Waals surface area contributed by atoms with E-state index in [1.54, 1.807) is 6.20 Å². The second kappa shape index (κ2) is 9.01. The third-order valence-electron chi connectivity index (χ3n) is 5.63. The minimum Gasteiger partial charge on any atom is -0.494 e. The Bertz CT molecular complexity index is 1320. The number of carbonyl (C=O) groups is 1. The minimum absolute atomic E-state index is 0.0379. The maximum atomic E-state index is 12.2. The summed E-state index contributed by atoms with van der Waals surface area (Å²) in [5.74, 6) is 2.96. The van der Waals surface area contributed by atoms with Gasteiger partial charge in [-0.3, -0.25) is 9.89 Å². The summed E-state index contributed by atoms with van der Waals surface area (Å²) in [5, 5.41) is 14.0. The number of nitrogens with zero attached hydrogens (tertiary/aromatic N) is 3. The number of amides is 1. The van der Waals surface area contributed by atoms with Crippen LogP contribution < -0.4 is 20.1 Å². The lowest BCUT2D eigenvalue weighted by Crippen LogP contribution is -2.37. The van der Waals surface area contributed by atoms with Crippen LogP contribution in [0, 0.1) is 0 Å². The highest BCUT2D eigenvalue weighted by Crippen LogP contribution is 2.34. The lowest BCUT2D eigenvalue weighted by atomic mass is 10.1. The van der Waals surface area contributed by atoms with Crippen LogP contribution in [-0.2, 0) is 4.79 Å². The molecule has 0 atom stereocenters. The predicted molar refractivity (Wildman–Crippen MR) is 129 cm³/mol. The summed E-state index contributed by atoms with van der Waals surface area (Å²) in [6.45, 7) is 4.51. The van der Waals surface area contributed by atoms with Crippen LogP contribution in [0.3, 0.4) is 0 Å². The standard InChI is InChI=1S/C25H26N6O3/c1-3-33-18-7-8-20-19(14-18)24(28-21-9-12-26-31-21)29-23(27-20)16-5-4-6-17(13-16)34-15-22(32)30-25(2)10-11-25/h4-9,12-14H,3,10-11,15H2,1-2H3,(H,30,32)(H2,26,27,28,29,31). The summed E-state index contributed by atoms with van der Waals surface area (Å²) in [6.07, 6.45) is 3.75. The summed E-state index contributed by atoms with van der Waals surface area (Å²) in [7, 11) is 0. The lowest BCUT2D eigenvalue weighted by molar-refractivity contribution is -0.123. The number of benzene rings is 2. The average Bonchev–Trinajstić information content (AvgIpc) is 3.33. The average molecular weight is 459 g/mol. The van der Waals surface area contributed by atoms with E-state index in [0.717, 1.165) is 35.1 Å². The zero-order valence-corrected chi connectivity index (χ0v) is 19.1. The Kier molecular flexibility index (Phi) is 5.75. The molecule has 1 fully saturated rings. The zero-order chi connectivity index (χ0) is 23.5. The van der Waals surface area contributed by atoms with E-state index in [1.165, 1.54) is 0 Å². The maximum absolute atomic E-state index is 12.2. The molecule has 174 valence electrons. The van der Waals surface area contributed by atoms with E-state index in [1.807, 2.05) is 62.4 Å². The second-order valence-corrected chi connectivity index (χ2v) is 8.52. The van der Waals surface area contributed by atoms with Gasteiger partial charge in [0.15, 0.2) is 18.2 Å². The number of aromatic amines is 1. The van der Waals surface area contributed by atoms with Crippen LogP contribution in [0.4, 0.5) is 11.6 Å². The first-order valence-corrected chi connectivity index (χ1v) is 11.3. The van der Waals surface area contributed by atoms with Crippen molar-refractivity contribution in [2.45, 2.75) is 32.2 Å². The van der Waals surface area contributed by atoms with Crippen molar-refractivity contribution in [1.29, 1.82) is 0 Å². The quantitative estimate of drug-likeness (QED) is 0.344. The van der Waals surface area contributed by atoms with Crippen LogP contribution in [-0.4, -0.2) is 44.8 Å². The molecule has 0 bridgehead atoms. The van der Waals surface area contributed by atoms with Gasteiger partial charge in [-0.2, -0.15) is 5.10 Å². The smallest absolute Gasteiger partial charge is 0.258 e. The summed E-state index contributed by atoms with van der Waals surface area (Å²) >= 11 is 0.